The summed E-state index contributed by atoms with van der Waals surface area (Å²) in [6.07, 6.45) is 2.47. The third-order valence-electron chi connectivity index (χ3n) is 6.73. The van der Waals surface area contributed by atoms with Crippen molar-refractivity contribution in [2.75, 3.05) is 14.1 Å². The average molecular weight is 611 g/mol. The van der Waals surface area contributed by atoms with Crippen molar-refractivity contribution in [2.45, 2.75) is 39.8 Å². The Morgan fingerprint density at radius 2 is 1.62 bits per heavy atom. The summed E-state index contributed by atoms with van der Waals surface area (Å²) < 4.78 is 7.68. The highest BCUT2D eigenvalue weighted by atomic mass is 16.5. The maximum atomic E-state index is 13.1. The number of aryl methyl sites for hydroxylation is 1. The second-order valence-corrected chi connectivity index (χ2v) is 10.7. The van der Waals surface area contributed by atoms with Crippen LogP contribution in [0.4, 0.5) is 0 Å². The molecule has 0 aliphatic carbocycles. The first-order valence-electron chi connectivity index (χ1n) is 14.8. The number of carbonyl (C=O) groups is 2. The van der Waals surface area contributed by atoms with E-state index in [1.54, 1.807) is 69.6 Å². The van der Waals surface area contributed by atoms with Gasteiger partial charge in [-0.3, -0.25) is 14.4 Å². The first kappa shape index (κ1) is 34.5. The molecule has 2 aromatic heterocycles. The quantitative estimate of drug-likeness (QED) is 0.156. The molecule has 45 heavy (non-hydrogen) atoms. The predicted molar refractivity (Wildman–Crippen MR) is 180 cm³/mol. The molecule has 2 heterocycles. The summed E-state index contributed by atoms with van der Waals surface area (Å²) in [6.45, 7) is 7.65. The van der Waals surface area contributed by atoms with E-state index in [0.717, 1.165) is 11.8 Å². The molecule has 0 spiro atoms. The van der Waals surface area contributed by atoms with Gasteiger partial charge in [-0.2, -0.15) is 0 Å². The van der Waals surface area contributed by atoms with Crippen LogP contribution in [0.2, 0.25) is 0 Å². The fraction of sp³-hybridized carbons (Fsp3) is 0.250. The van der Waals surface area contributed by atoms with Crippen LogP contribution in [-0.2, 0) is 19.2 Å². The lowest BCUT2D eigenvalue weighted by Crippen LogP contribution is -2.23. The second-order valence-electron chi connectivity index (χ2n) is 10.7. The molecule has 9 nitrogen and oxygen atoms in total. The fourth-order valence-corrected chi connectivity index (χ4v) is 4.49. The molecule has 3 aromatic carbocycles. The molecular weight excluding hydrogens is 568 g/mol. The van der Waals surface area contributed by atoms with Crippen molar-refractivity contribution in [2.24, 2.45) is 7.05 Å². The predicted octanol–water partition coefficient (Wildman–Crippen LogP) is 6.16. The van der Waals surface area contributed by atoms with Crippen molar-refractivity contribution in [1.29, 1.82) is 0 Å². The van der Waals surface area contributed by atoms with Crippen LogP contribution in [0.5, 0.6) is 11.5 Å². The van der Waals surface area contributed by atoms with E-state index < -0.39 is 5.60 Å². The van der Waals surface area contributed by atoms with Gasteiger partial charge in [-0.25, -0.2) is 0 Å². The minimum absolute atomic E-state index is 0.230. The molecule has 0 aliphatic rings. The highest BCUT2D eigenvalue weighted by Gasteiger charge is 2.22. The van der Waals surface area contributed by atoms with E-state index in [-0.39, 0.29) is 29.2 Å². The van der Waals surface area contributed by atoms with Crippen molar-refractivity contribution in [3.05, 3.63) is 118 Å². The third kappa shape index (κ3) is 8.56. The van der Waals surface area contributed by atoms with Crippen molar-refractivity contribution in [3.8, 4) is 22.6 Å². The Labute approximate surface area is 263 Å². The van der Waals surface area contributed by atoms with Gasteiger partial charge in [0.1, 0.15) is 29.0 Å². The summed E-state index contributed by atoms with van der Waals surface area (Å²) in [5, 5.41) is 16.9. The molecule has 0 saturated carbocycles. The molecule has 5 rings (SSSR count). The summed E-state index contributed by atoms with van der Waals surface area (Å²) in [4.78, 5) is 40.1. The number of aromatic amines is 1. The molecule has 5 aromatic rings. The van der Waals surface area contributed by atoms with E-state index in [1.165, 1.54) is 4.57 Å². The molecule has 9 heteroatoms. The van der Waals surface area contributed by atoms with Gasteiger partial charge in [0.05, 0.1) is 5.60 Å². The Balaban J connectivity index is 0.00000104. The lowest BCUT2D eigenvalue weighted by Gasteiger charge is -2.21. The monoisotopic (exact) mass is 610 g/mol. The molecule has 0 atom stereocenters. The van der Waals surface area contributed by atoms with E-state index in [9.17, 15) is 19.5 Å². The Hall–Kier alpha value is -4.99. The van der Waals surface area contributed by atoms with Crippen LogP contribution in [-0.4, -0.2) is 40.9 Å². The number of rotatable bonds is 8. The van der Waals surface area contributed by atoms with Gasteiger partial charge in [-0.15, -0.1) is 0 Å². The summed E-state index contributed by atoms with van der Waals surface area (Å²) in [5.41, 5.74) is 2.47. The maximum Gasteiger partial charge on any atom is 0.274 e. The van der Waals surface area contributed by atoms with Crippen LogP contribution < -0.4 is 20.9 Å². The number of carbonyl (C=O) groups excluding carboxylic acids is 2. The number of hydrogen-bond donors (Lipinski definition) is 4. The lowest BCUT2D eigenvalue weighted by molar-refractivity contribution is 0.0786. The number of para-hydroxylation sites is 1. The average Bonchev–Trinajstić information content (AvgIpc) is 3.50. The minimum atomic E-state index is -1.12. The topological polar surface area (TPSA) is 125 Å². The molecule has 4 N–H and O–H groups in total. The zero-order valence-corrected chi connectivity index (χ0v) is 26.9. The fourth-order valence-electron chi connectivity index (χ4n) is 4.49. The number of nitrogens with one attached hydrogen (secondary N) is 3. The molecular formula is C36H42N4O5. The number of hydrogen-bond acceptors (Lipinski definition) is 6. The number of aromatic nitrogens is 2. The van der Waals surface area contributed by atoms with Gasteiger partial charge in [-0.1, -0.05) is 62.4 Å². The van der Waals surface area contributed by atoms with Gasteiger partial charge in [0, 0.05) is 41.9 Å². The SMILES string of the molecule is CC.CNC.Cn1cc(-c2cc(C(C)(C)O)ccc2Oc2ccccc2)c2cc(C(=O)NCc3ccc(C=O)cc3)[nH]c2c1=O. The van der Waals surface area contributed by atoms with E-state index in [4.69, 9.17) is 4.74 Å². The van der Waals surface area contributed by atoms with Gasteiger partial charge >= 0.3 is 0 Å². The number of aldehydes is 1. The number of aliphatic hydroxyl groups is 1. The normalized spacial score (nSPS) is 10.7. The van der Waals surface area contributed by atoms with Gasteiger partial charge in [0.2, 0.25) is 0 Å². The number of pyridine rings is 1. The number of ether oxygens (including phenoxy) is 1. The van der Waals surface area contributed by atoms with Crippen LogP contribution in [0.15, 0.2) is 89.9 Å². The van der Waals surface area contributed by atoms with Crippen molar-refractivity contribution < 1.29 is 19.4 Å². The van der Waals surface area contributed by atoms with E-state index >= 15 is 0 Å². The first-order chi connectivity index (χ1) is 21.5. The first-order valence-corrected chi connectivity index (χ1v) is 14.8. The van der Waals surface area contributed by atoms with Gasteiger partial charge in [0.25, 0.3) is 11.5 Å². The third-order valence-corrected chi connectivity index (χ3v) is 6.73. The van der Waals surface area contributed by atoms with Crippen molar-refractivity contribution in [1.82, 2.24) is 20.2 Å². The molecule has 0 bridgehead atoms. The molecule has 1 amide bonds. The standard InChI is InChI=1S/C32H29N3O5.C2H7N.C2H6/c1-32(2,39)22-13-14-28(40-23-7-5-4-6-8-23)24(15-22)26-18-35(3)31(38)29-25(26)16-27(34-29)30(37)33-17-20-9-11-21(19-36)12-10-20;1-3-2;1-2/h4-16,18-19,34,39H,17H2,1-3H3,(H,33,37);3H,1-2H3;1-2H3. The Morgan fingerprint density at radius 1 is 0.978 bits per heavy atom. The highest BCUT2D eigenvalue weighted by molar-refractivity contribution is 6.03. The van der Waals surface area contributed by atoms with Crippen molar-refractivity contribution >= 4 is 23.1 Å². The van der Waals surface area contributed by atoms with Gasteiger partial charge in [-0.05, 0) is 69.4 Å². The lowest BCUT2D eigenvalue weighted by atomic mass is 9.93. The molecule has 236 valence electrons. The molecule has 0 radical (unpaired) electrons. The van der Waals surface area contributed by atoms with E-state index in [2.05, 4.69) is 15.6 Å². The van der Waals surface area contributed by atoms with Crippen LogP contribution in [0.25, 0.3) is 22.0 Å². The van der Waals surface area contributed by atoms with Crippen LogP contribution in [0.3, 0.4) is 0 Å². The van der Waals surface area contributed by atoms with Gasteiger partial charge < -0.3 is 30.0 Å². The van der Waals surface area contributed by atoms with Crippen LogP contribution in [0.1, 0.15) is 59.7 Å². The number of amides is 1. The van der Waals surface area contributed by atoms with Crippen LogP contribution >= 0.6 is 0 Å². The summed E-state index contributed by atoms with van der Waals surface area (Å²) in [7, 11) is 5.40. The zero-order valence-electron chi connectivity index (χ0n) is 26.9. The number of benzene rings is 3. The van der Waals surface area contributed by atoms with Crippen LogP contribution in [0, 0.1) is 0 Å². The summed E-state index contributed by atoms with van der Waals surface area (Å²) >= 11 is 0. The largest absolute Gasteiger partial charge is 0.457 e. The molecule has 0 unspecified atom stereocenters. The Kier molecular flexibility index (Phi) is 12.0. The van der Waals surface area contributed by atoms with E-state index in [0.29, 0.717) is 39.1 Å². The molecule has 0 aliphatic heterocycles. The van der Waals surface area contributed by atoms with E-state index in [1.807, 2.05) is 64.3 Å². The smallest absolute Gasteiger partial charge is 0.274 e. The molecule has 0 fully saturated rings. The molecule has 0 saturated heterocycles. The second kappa shape index (κ2) is 15.7. The Bertz CT molecular complexity index is 1780. The number of nitrogens with zero attached hydrogens (tertiary/aromatic N) is 1. The highest BCUT2D eigenvalue weighted by Crippen LogP contribution is 2.39. The van der Waals surface area contributed by atoms with Gasteiger partial charge in [0.15, 0.2) is 0 Å². The number of H-pyrrole nitrogens is 1. The zero-order chi connectivity index (χ0) is 33.1. The number of fused-ring (bicyclic) bond motifs is 1. The maximum absolute atomic E-state index is 13.1. The van der Waals surface area contributed by atoms with Crippen molar-refractivity contribution in [3.63, 3.8) is 0 Å². The summed E-state index contributed by atoms with van der Waals surface area (Å²) in [5.74, 6) is 0.788. The minimum Gasteiger partial charge on any atom is -0.457 e. The summed E-state index contributed by atoms with van der Waals surface area (Å²) in [6, 6.07) is 23.3. The Morgan fingerprint density at radius 3 is 2.22 bits per heavy atom.